The van der Waals surface area contributed by atoms with Crippen LogP contribution in [0.15, 0.2) is 52.4 Å². The molecule has 2 atom stereocenters. The van der Waals surface area contributed by atoms with E-state index in [9.17, 15) is 10.2 Å². The molecule has 1 aliphatic rings. The van der Waals surface area contributed by atoms with Crippen molar-refractivity contribution in [1.29, 1.82) is 0 Å². The molecule has 1 heterocycles. The third-order valence-electron chi connectivity index (χ3n) is 4.67. The average Bonchev–Trinajstić information content (AvgIpc) is 3.06. The van der Waals surface area contributed by atoms with Gasteiger partial charge in [0, 0.05) is 17.1 Å². The highest BCUT2D eigenvalue weighted by atomic mass is 35.5. The molecule has 2 aromatic carbocycles. The predicted molar refractivity (Wildman–Crippen MR) is 128 cm³/mol. The Bertz CT molecular complexity index is 966. The fourth-order valence-corrected chi connectivity index (χ4v) is 4.37. The van der Waals surface area contributed by atoms with Crippen molar-refractivity contribution in [3.8, 4) is 5.75 Å². The second-order valence-corrected chi connectivity index (χ2v) is 8.63. The van der Waals surface area contributed by atoms with Gasteiger partial charge in [-0.2, -0.15) is 0 Å². The molecule has 6 nitrogen and oxygen atoms in total. The van der Waals surface area contributed by atoms with Gasteiger partial charge < -0.3 is 20.1 Å². The molecule has 0 amide bonds. The van der Waals surface area contributed by atoms with E-state index in [2.05, 4.69) is 11.9 Å². The molecule has 0 radical (unpaired) electrons. The van der Waals surface area contributed by atoms with Crippen LogP contribution in [0.3, 0.4) is 0 Å². The van der Waals surface area contributed by atoms with Crippen LogP contribution in [0, 0.1) is 6.92 Å². The van der Waals surface area contributed by atoms with Gasteiger partial charge in [0.15, 0.2) is 11.4 Å². The van der Waals surface area contributed by atoms with E-state index < -0.39 is 12.3 Å². The molecule has 8 heteroatoms. The molecule has 1 saturated heterocycles. The molecule has 3 N–H and O–H groups in total. The lowest BCUT2D eigenvalue weighted by Crippen LogP contribution is -2.33. The van der Waals surface area contributed by atoms with Gasteiger partial charge in [0.05, 0.1) is 11.6 Å². The first kappa shape index (κ1) is 23.6. The molecular formula is C23H27ClN2O4S. The Kier molecular flexibility index (Phi) is 8.40. The fourth-order valence-electron chi connectivity index (χ4n) is 3.05. The highest BCUT2D eigenvalue weighted by molar-refractivity contribution is 8.18. The number of aliphatic hydroxyl groups excluding tert-OH is 3. The predicted octanol–water partition coefficient (Wildman–Crippen LogP) is 4.06. The van der Waals surface area contributed by atoms with E-state index >= 15 is 0 Å². The third-order valence-corrected chi connectivity index (χ3v) is 6.03. The van der Waals surface area contributed by atoms with E-state index in [0.717, 1.165) is 33.3 Å². The van der Waals surface area contributed by atoms with Crippen molar-refractivity contribution in [2.45, 2.75) is 32.6 Å². The van der Waals surface area contributed by atoms with Crippen LogP contribution in [0.1, 0.15) is 24.5 Å². The zero-order valence-electron chi connectivity index (χ0n) is 17.5. The molecule has 1 aliphatic heterocycles. The zero-order valence-corrected chi connectivity index (χ0v) is 19.1. The Labute approximate surface area is 191 Å². The first-order chi connectivity index (χ1) is 14.9. The number of hydrogen-bond acceptors (Lipinski definition) is 6. The number of anilines is 1. The summed E-state index contributed by atoms with van der Waals surface area (Å²) in [7, 11) is 0. The number of aliphatic hydroxyl groups is 3. The topological polar surface area (TPSA) is 85.5 Å². The molecule has 0 bridgehead atoms. The van der Waals surface area contributed by atoms with Crippen molar-refractivity contribution in [1.82, 2.24) is 0 Å². The van der Waals surface area contributed by atoms with Crippen LogP contribution in [0.4, 0.5) is 5.69 Å². The quantitative estimate of drug-likeness (QED) is 0.548. The number of thioether (sulfide) groups is 1. The molecule has 2 aromatic rings. The molecule has 0 aromatic heterocycles. The van der Waals surface area contributed by atoms with Gasteiger partial charge in [-0.15, -0.1) is 0 Å². The second-order valence-electron chi connectivity index (χ2n) is 7.18. The Morgan fingerprint density at radius 3 is 2.74 bits per heavy atom. The number of ether oxygens (including phenoxy) is 1. The van der Waals surface area contributed by atoms with Gasteiger partial charge in [0.25, 0.3) is 0 Å². The number of rotatable bonds is 8. The maximum absolute atomic E-state index is 11.1. The maximum atomic E-state index is 11.1. The number of aryl methyl sites for hydroxylation is 1. The van der Waals surface area contributed by atoms with Gasteiger partial charge in [-0.3, -0.25) is 9.89 Å². The first-order valence-electron chi connectivity index (χ1n) is 10.1. The molecular weight excluding hydrogens is 436 g/mol. The van der Waals surface area contributed by atoms with E-state index in [4.69, 9.17) is 21.4 Å². The van der Waals surface area contributed by atoms with Crippen molar-refractivity contribution in [3.05, 3.63) is 63.5 Å². The smallest absolute Gasteiger partial charge is 0.170 e. The van der Waals surface area contributed by atoms with Gasteiger partial charge >= 0.3 is 0 Å². The summed E-state index contributed by atoms with van der Waals surface area (Å²) in [6, 6.07) is 13.2. The fraction of sp³-hybridized carbons (Fsp3) is 0.348. The number of halogens is 1. The number of hydrogen-bond donors (Lipinski definition) is 3. The summed E-state index contributed by atoms with van der Waals surface area (Å²) in [6.45, 7) is 4.34. The Hall–Kier alpha value is -2.03. The van der Waals surface area contributed by atoms with Gasteiger partial charge in [-0.05, 0) is 48.7 Å². The number of para-hydroxylation sites is 1. The summed E-state index contributed by atoms with van der Waals surface area (Å²) in [5, 5.41) is 30.6. The van der Waals surface area contributed by atoms with Gasteiger partial charge in [-0.25, -0.2) is 0 Å². The summed E-state index contributed by atoms with van der Waals surface area (Å²) >= 11 is 7.76. The van der Waals surface area contributed by atoms with Crippen molar-refractivity contribution in [2.24, 2.45) is 4.99 Å². The molecule has 3 rings (SSSR count). The van der Waals surface area contributed by atoms with Crippen LogP contribution in [0.25, 0.3) is 6.08 Å². The summed E-state index contributed by atoms with van der Waals surface area (Å²) in [4.78, 5) is 7.28. The van der Waals surface area contributed by atoms with Crippen LogP contribution in [-0.4, -0.2) is 52.6 Å². The first-order valence-corrected chi connectivity index (χ1v) is 11.3. The molecule has 2 unspecified atom stereocenters. The molecule has 0 spiro atoms. The van der Waals surface area contributed by atoms with Gasteiger partial charge in [0.1, 0.15) is 18.5 Å². The van der Waals surface area contributed by atoms with E-state index in [0.29, 0.717) is 17.3 Å². The summed E-state index contributed by atoms with van der Waals surface area (Å²) in [6.07, 6.45) is 0.989. The SMILES string of the molecule is CCCN=C1S/C(=C\c2ccc(OCC(O)CO)c(Cl)c2)C(O)N1c1ccccc1C. The maximum Gasteiger partial charge on any atom is 0.170 e. The van der Waals surface area contributed by atoms with E-state index in [1.165, 1.54) is 11.8 Å². The minimum atomic E-state index is -0.962. The minimum absolute atomic E-state index is 0.0478. The van der Waals surface area contributed by atoms with E-state index in [-0.39, 0.29) is 13.2 Å². The van der Waals surface area contributed by atoms with Crippen LogP contribution in [0.2, 0.25) is 5.02 Å². The van der Waals surface area contributed by atoms with Crippen molar-refractivity contribution in [2.75, 3.05) is 24.7 Å². The minimum Gasteiger partial charge on any atom is -0.489 e. The van der Waals surface area contributed by atoms with Gasteiger partial charge in [0.2, 0.25) is 0 Å². The van der Waals surface area contributed by atoms with Crippen molar-refractivity contribution >= 4 is 40.3 Å². The standard InChI is InChI=1S/C23H27ClN2O4S/c1-3-10-25-23-26(19-7-5-4-6-15(19)2)22(29)21(31-23)12-16-8-9-20(18(24)11-16)30-14-17(28)13-27/h4-9,11-12,17,22,27-29H,3,10,13-14H2,1-2H3/b21-12-,25-23?. The van der Waals surface area contributed by atoms with E-state index in [1.54, 1.807) is 12.1 Å². The molecule has 31 heavy (non-hydrogen) atoms. The van der Waals surface area contributed by atoms with E-state index in [1.807, 2.05) is 48.2 Å². The zero-order chi connectivity index (χ0) is 22.4. The van der Waals surface area contributed by atoms with Crippen LogP contribution in [0.5, 0.6) is 5.75 Å². The van der Waals surface area contributed by atoms with Crippen LogP contribution >= 0.6 is 23.4 Å². The lowest BCUT2D eigenvalue weighted by Gasteiger charge is -2.24. The highest BCUT2D eigenvalue weighted by Gasteiger charge is 2.35. The lowest BCUT2D eigenvalue weighted by atomic mass is 10.1. The van der Waals surface area contributed by atoms with Crippen LogP contribution in [-0.2, 0) is 0 Å². The van der Waals surface area contributed by atoms with Crippen molar-refractivity contribution in [3.63, 3.8) is 0 Å². The second kappa shape index (κ2) is 11.0. The monoisotopic (exact) mass is 462 g/mol. The normalized spacial score (nSPS) is 19.9. The number of aliphatic imine (C=N–C) groups is 1. The third kappa shape index (κ3) is 5.81. The highest BCUT2D eigenvalue weighted by Crippen LogP contribution is 2.40. The summed E-state index contributed by atoms with van der Waals surface area (Å²) < 4.78 is 5.44. The summed E-state index contributed by atoms with van der Waals surface area (Å²) in [5.74, 6) is 0.419. The molecule has 0 saturated carbocycles. The number of benzene rings is 2. The average molecular weight is 463 g/mol. The molecule has 0 aliphatic carbocycles. The largest absolute Gasteiger partial charge is 0.489 e. The summed E-state index contributed by atoms with van der Waals surface area (Å²) in [5.41, 5.74) is 2.79. The number of nitrogens with zero attached hydrogens (tertiary/aromatic N) is 2. The Balaban J connectivity index is 1.87. The Morgan fingerprint density at radius 2 is 2.06 bits per heavy atom. The molecule has 1 fully saturated rings. The van der Waals surface area contributed by atoms with Crippen molar-refractivity contribution < 1.29 is 20.1 Å². The number of amidine groups is 1. The Morgan fingerprint density at radius 1 is 1.29 bits per heavy atom. The van der Waals surface area contributed by atoms with Crippen LogP contribution < -0.4 is 9.64 Å². The molecule has 166 valence electrons. The lowest BCUT2D eigenvalue weighted by molar-refractivity contribution is 0.0536. The van der Waals surface area contributed by atoms with Gasteiger partial charge in [-0.1, -0.05) is 54.6 Å².